The summed E-state index contributed by atoms with van der Waals surface area (Å²) in [5.41, 5.74) is 1.67. The zero-order valence-corrected chi connectivity index (χ0v) is 20.2. The first kappa shape index (κ1) is 23.5. The van der Waals surface area contributed by atoms with E-state index in [1.54, 1.807) is 7.05 Å². The lowest BCUT2D eigenvalue weighted by atomic mass is 9.98. The molecule has 1 aromatic heterocycles. The van der Waals surface area contributed by atoms with E-state index >= 15 is 0 Å². The van der Waals surface area contributed by atoms with Gasteiger partial charge in [0.1, 0.15) is 5.82 Å². The van der Waals surface area contributed by atoms with Crippen LogP contribution in [0.1, 0.15) is 25.5 Å². The first-order valence-electron chi connectivity index (χ1n) is 12.2. The largest absolute Gasteiger partial charge is 0.378 e. The van der Waals surface area contributed by atoms with Gasteiger partial charge in [0, 0.05) is 44.0 Å². The summed E-state index contributed by atoms with van der Waals surface area (Å²) >= 11 is 0. The number of nitrogens with zero attached hydrogens (tertiary/aromatic N) is 4. The predicted molar refractivity (Wildman–Crippen MR) is 131 cm³/mol. The smallest absolute Gasteiger partial charge is 0.318 e. The highest BCUT2D eigenvalue weighted by Gasteiger charge is 2.55. The number of urea groups is 1. The fourth-order valence-corrected chi connectivity index (χ4v) is 4.67. The van der Waals surface area contributed by atoms with Crippen LogP contribution in [0.3, 0.4) is 0 Å². The lowest BCUT2D eigenvalue weighted by Gasteiger charge is -2.36. The van der Waals surface area contributed by atoms with Gasteiger partial charge in [0.2, 0.25) is 5.91 Å². The summed E-state index contributed by atoms with van der Waals surface area (Å²) in [6, 6.07) is 9.18. The molecule has 0 radical (unpaired) electrons. The van der Waals surface area contributed by atoms with Gasteiger partial charge in [-0.05, 0) is 44.0 Å². The lowest BCUT2D eigenvalue weighted by Crippen LogP contribution is -2.51. The van der Waals surface area contributed by atoms with Crippen molar-refractivity contribution in [3.63, 3.8) is 0 Å². The standard InChI is InChI=1S/C25H32N6O4/c1-17-16-35-14-11-31(17)23(32)25(7-8-25)20-15-21(30-9-12-34-13-10-30)29-22(28-20)18-3-5-19(6-4-18)27-24(33)26-2/h3-6,15,17H,7-14,16H2,1-2H3,(H2,26,27,33)/t17-/m0/s1. The van der Waals surface area contributed by atoms with E-state index in [9.17, 15) is 9.59 Å². The second kappa shape index (κ2) is 9.79. The average molecular weight is 481 g/mol. The molecule has 186 valence electrons. The molecule has 1 aromatic carbocycles. The van der Waals surface area contributed by atoms with Crippen LogP contribution in [0.5, 0.6) is 0 Å². The Hall–Kier alpha value is -3.24. The maximum atomic E-state index is 13.7. The lowest BCUT2D eigenvalue weighted by molar-refractivity contribution is -0.142. The van der Waals surface area contributed by atoms with Crippen molar-refractivity contribution in [1.29, 1.82) is 0 Å². The number of carbonyl (C=O) groups is 2. The van der Waals surface area contributed by atoms with Gasteiger partial charge in [-0.15, -0.1) is 0 Å². The van der Waals surface area contributed by atoms with Crippen molar-refractivity contribution in [2.24, 2.45) is 0 Å². The Bertz CT molecular complexity index is 1080. The van der Waals surface area contributed by atoms with E-state index in [2.05, 4.69) is 15.5 Å². The zero-order chi connectivity index (χ0) is 24.4. The summed E-state index contributed by atoms with van der Waals surface area (Å²) in [4.78, 5) is 39.3. The summed E-state index contributed by atoms with van der Waals surface area (Å²) in [6.07, 6.45) is 1.56. The van der Waals surface area contributed by atoms with Gasteiger partial charge in [0.15, 0.2) is 5.82 Å². The van der Waals surface area contributed by atoms with E-state index in [0.29, 0.717) is 44.5 Å². The third kappa shape index (κ3) is 4.81. The number of ether oxygens (including phenoxy) is 2. The summed E-state index contributed by atoms with van der Waals surface area (Å²) in [7, 11) is 1.57. The van der Waals surface area contributed by atoms with Crippen LogP contribution in [0.2, 0.25) is 0 Å². The molecule has 10 nitrogen and oxygen atoms in total. The number of hydrogen-bond acceptors (Lipinski definition) is 7. The molecule has 35 heavy (non-hydrogen) atoms. The number of hydrogen-bond donors (Lipinski definition) is 2. The first-order valence-corrected chi connectivity index (χ1v) is 12.2. The molecule has 10 heteroatoms. The molecule has 3 amide bonds. The second-order valence-corrected chi connectivity index (χ2v) is 9.32. The molecule has 0 unspecified atom stereocenters. The molecule has 1 saturated carbocycles. The Morgan fingerprint density at radius 2 is 1.74 bits per heavy atom. The Balaban J connectivity index is 1.50. The molecule has 0 spiro atoms. The van der Waals surface area contributed by atoms with E-state index in [-0.39, 0.29) is 18.0 Å². The molecule has 3 fully saturated rings. The van der Waals surface area contributed by atoms with E-state index in [1.165, 1.54) is 0 Å². The van der Waals surface area contributed by atoms with Crippen molar-refractivity contribution in [2.75, 3.05) is 63.3 Å². The Morgan fingerprint density at radius 3 is 2.40 bits per heavy atom. The molecule has 2 aliphatic heterocycles. The van der Waals surface area contributed by atoms with Crippen molar-refractivity contribution in [3.05, 3.63) is 36.0 Å². The Kier molecular flexibility index (Phi) is 6.57. The Morgan fingerprint density at radius 1 is 1.03 bits per heavy atom. The number of rotatable bonds is 5. The number of anilines is 2. The van der Waals surface area contributed by atoms with Crippen LogP contribution in [0.15, 0.2) is 30.3 Å². The van der Waals surface area contributed by atoms with Crippen LogP contribution in [0.25, 0.3) is 11.4 Å². The highest BCUT2D eigenvalue weighted by molar-refractivity contribution is 5.91. The topological polar surface area (TPSA) is 109 Å². The maximum Gasteiger partial charge on any atom is 0.318 e. The quantitative estimate of drug-likeness (QED) is 0.674. The minimum Gasteiger partial charge on any atom is -0.378 e. The number of nitrogens with one attached hydrogen (secondary N) is 2. The highest BCUT2D eigenvalue weighted by Crippen LogP contribution is 2.50. The molecular weight excluding hydrogens is 448 g/mol. The molecule has 1 atom stereocenters. The number of amides is 3. The average Bonchev–Trinajstić information content (AvgIpc) is 3.71. The van der Waals surface area contributed by atoms with Gasteiger partial charge < -0.3 is 29.9 Å². The van der Waals surface area contributed by atoms with E-state index < -0.39 is 5.41 Å². The zero-order valence-electron chi connectivity index (χ0n) is 20.2. The van der Waals surface area contributed by atoms with Crippen LogP contribution in [0.4, 0.5) is 16.3 Å². The summed E-state index contributed by atoms with van der Waals surface area (Å²) in [5.74, 6) is 1.52. The molecule has 2 aromatic rings. The van der Waals surface area contributed by atoms with Gasteiger partial charge in [-0.3, -0.25) is 4.79 Å². The van der Waals surface area contributed by atoms with Crippen LogP contribution in [-0.4, -0.2) is 86.0 Å². The normalized spacial score (nSPS) is 21.4. The Labute approximate surface area is 205 Å². The number of morpholine rings is 2. The molecule has 3 aliphatic rings. The van der Waals surface area contributed by atoms with Gasteiger partial charge in [0.05, 0.1) is 43.6 Å². The molecule has 2 N–H and O–H groups in total. The number of benzene rings is 1. The SMILES string of the molecule is CNC(=O)Nc1ccc(-c2nc(N3CCOCC3)cc(C3(C(=O)N4CCOC[C@@H]4C)CC3)n2)cc1. The molecular formula is C25H32N6O4. The fourth-order valence-electron chi connectivity index (χ4n) is 4.67. The van der Waals surface area contributed by atoms with Gasteiger partial charge >= 0.3 is 6.03 Å². The highest BCUT2D eigenvalue weighted by atomic mass is 16.5. The maximum absolute atomic E-state index is 13.7. The molecule has 3 heterocycles. The first-order chi connectivity index (χ1) is 17.0. The van der Waals surface area contributed by atoms with Crippen LogP contribution in [0, 0.1) is 0 Å². The number of carbonyl (C=O) groups excluding carboxylic acids is 2. The predicted octanol–water partition coefficient (Wildman–Crippen LogP) is 2.01. The summed E-state index contributed by atoms with van der Waals surface area (Å²) < 4.78 is 11.1. The van der Waals surface area contributed by atoms with Gasteiger partial charge in [-0.2, -0.15) is 0 Å². The van der Waals surface area contributed by atoms with Crippen LogP contribution in [-0.2, 0) is 19.7 Å². The molecule has 2 saturated heterocycles. The van der Waals surface area contributed by atoms with Gasteiger partial charge in [-0.1, -0.05) is 0 Å². The van der Waals surface area contributed by atoms with Crippen molar-refractivity contribution in [1.82, 2.24) is 20.2 Å². The third-order valence-electron chi connectivity index (χ3n) is 6.95. The number of aromatic nitrogens is 2. The van der Waals surface area contributed by atoms with Gasteiger partial charge in [0.25, 0.3) is 0 Å². The van der Waals surface area contributed by atoms with Gasteiger partial charge in [-0.25, -0.2) is 14.8 Å². The van der Waals surface area contributed by atoms with Crippen molar-refractivity contribution in [3.8, 4) is 11.4 Å². The van der Waals surface area contributed by atoms with Crippen LogP contribution >= 0.6 is 0 Å². The monoisotopic (exact) mass is 480 g/mol. The molecule has 1 aliphatic carbocycles. The molecule has 5 rings (SSSR count). The van der Waals surface area contributed by atoms with Crippen molar-refractivity contribution < 1.29 is 19.1 Å². The minimum atomic E-state index is -0.606. The summed E-state index contributed by atoms with van der Waals surface area (Å²) in [6.45, 7) is 6.54. The molecule has 0 bridgehead atoms. The van der Waals surface area contributed by atoms with E-state index in [1.807, 2.05) is 42.2 Å². The second-order valence-electron chi connectivity index (χ2n) is 9.32. The fraction of sp³-hybridized carbons (Fsp3) is 0.520. The van der Waals surface area contributed by atoms with E-state index in [0.717, 1.165) is 43.0 Å². The van der Waals surface area contributed by atoms with Crippen molar-refractivity contribution >= 4 is 23.4 Å². The van der Waals surface area contributed by atoms with Crippen molar-refractivity contribution in [2.45, 2.75) is 31.2 Å². The van der Waals surface area contributed by atoms with Crippen LogP contribution < -0.4 is 15.5 Å². The third-order valence-corrected chi connectivity index (χ3v) is 6.95. The minimum absolute atomic E-state index is 0.0501. The van der Waals surface area contributed by atoms with E-state index in [4.69, 9.17) is 19.4 Å². The summed E-state index contributed by atoms with van der Waals surface area (Å²) in [5, 5.41) is 5.30.